The van der Waals surface area contributed by atoms with Gasteiger partial charge in [0, 0.05) is 37.8 Å². The summed E-state index contributed by atoms with van der Waals surface area (Å²) in [6, 6.07) is 18.7. The Labute approximate surface area is 238 Å². The number of carbonyl (C=O) groups excluding carboxylic acids is 2. The molecule has 4 rings (SSSR count). The summed E-state index contributed by atoms with van der Waals surface area (Å²) in [5.74, 6) is -0.0743. The minimum atomic E-state index is -0.405. The predicted molar refractivity (Wildman–Crippen MR) is 158 cm³/mol. The molecule has 0 unspecified atom stereocenters. The number of aliphatic imine (C=N–C) groups is 1. The van der Waals surface area contributed by atoms with Gasteiger partial charge in [-0.15, -0.1) is 0 Å². The van der Waals surface area contributed by atoms with E-state index >= 15 is 0 Å². The van der Waals surface area contributed by atoms with E-state index in [0.29, 0.717) is 67.5 Å². The molecule has 1 saturated heterocycles. The van der Waals surface area contributed by atoms with Crippen molar-refractivity contribution in [2.75, 3.05) is 26.2 Å². The highest BCUT2D eigenvalue weighted by molar-refractivity contribution is 6.42. The maximum Gasteiger partial charge on any atom is 0.251 e. The summed E-state index contributed by atoms with van der Waals surface area (Å²) in [6.45, 7) is 1.98. The van der Waals surface area contributed by atoms with Crippen molar-refractivity contribution in [2.24, 2.45) is 16.5 Å². The molecule has 2 atom stereocenters. The van der Waals surface area contributed by atoms with Crippen molar-refractivity contribution in [2.45, 2.75) is 37.8 Å². The van der Waals surface area contributed by atoms with E-state index in [9.17, 15) is 9.59 Å². The number of fused-ring (bicyclic) bond motifs is 1. The Morgan fingerprint density at radius 2 is 1.85 bits per heavy atom. The molecule has 8 nitrogen and oxygen atoms in total. The second-order valence-corrected chi connectivity index (χ2v) is 10.6. The lowest BCUT2D eigenvalue weighted by molar-refractivity contribution is -0.132. The van der Waals surface area contributed by atoms with Gasteiger partial charge in [0.15, 0.2) is 5.96 Å². The van der Waals surface area contributed by atoms with Gasteiger partial charge in [-0.05, 0) is 66.3 Å². The van der Waals surface area contributed by atoms with Gasteiger partial charge >= 0.3 is 0 Å². The molecule has 39 heavy (non-hydrogen) atoms. The van der Waals surface area contributed by atoms with Crippen molar-refractivity contribution < 1.29 is 9.59 Å². The number of carbonyl (C=O) groups is 2. The molecule has 1 heterocycles. The zero-order valence-electron chi connectivity index (χ0n) is 21.7. The molecule has 0 radical (unpaired) electrons. The fourth-order valence-electron chi connectivity index (χ4n) is 4.78. The number of nitrogens with two attached hydrogens (primary N) is 2. The van der Waals surface area contributed by atoms with Crippen molar-refractivity contribution in [3.63, 3.8) is 0 Å². The molecule has 0 bridgehead atoms. The molecule has 10 heteroatoms. The van der Waals surface area contributed by atoms with Crippen LogP contribution in [0.25, 0.3) is 10.8 Å². The largest absolute Gasteiger partial charge is 0.370 e. The van der Waals surface area contributed by atoms with E-state index in [1.165, 1.54) is 0 Å². The number of guanidine groups is 1. The molecule has 3 aromatic carbocycles. The minimum Gasteiger partial charge on any atom is -0.370 e. The van der Waals surface area contributed by atoms with Gasteiger partial charge in [-0.3, -0.25) is 14.6 Å². The van der Waals surface area contributed by atoms with Gasteiger partial charge < -0.3 is 27.0 Å². The lowest BCUT2D eigenvalue weighted by Crippen LogP contribution is -2.49. The van der Waals surface area contributed by atoms with Crippen LogP contribution in [0.1, 0.15) is 35.2 Å². The van der Waals surface area contributed by atoms with Crippen LogP contribution < -0.4 is 22.1 Å². The van der Waals surface area contributed by atoms with E-state index in [2.05, 4.69) is 15.6 Å². The van der Waals surface area contributed by atoms with Gasteiger partial charge in [-0.1, -0.05) is 59.6 Å². The molecular weight excluding hydrogens is 535 g/mol. The first-order chi connectivity index (χ1) is 18.8. The quantitative estimate of drug-likeness (QED) is 0.168. The van der Waals surface area contributed by atoms with Gasteiger partial charge in [0.05, 0.1) is 16.1 Å². The Morgan fingerprint density at radius 1 is 1.05 bits per heavy atom. The van der Waals surface area contributed by atoms with E-state index in [0.717, 1.165) is 16.3 Å². The van der Waals surface area contributed by atoms with E-state index in [4.69, 9.17) is 34.7 Å². The summed E-state index contributed by atoms with van der Waals surface area (Å²) in [7, 11) is 0. The van der Waals surface area contributed by atoms with Crippen molar-refractivity contribution in [3.05, 3.63) is 81.8 Å². The van der Waals surface area contributed by atoms with Crippen LogP contribution in [-0.2, 0) is 11.2 Å². The first-order valence-electron chi connectivity index (χ1n) is 13.1. The molecule has 0 spiro atoms. The minimum absolute atomic E-state index is 0.0307. The van der Waals surface area contributed by atoms with E-state index in [1.807, 2.05) is 59.5 Å². The molecule has 0 aromatic heterocycles. The molecule has 0 saturated carbocycles. The number of benzene rings is 3. The zero-order valence-corrected chi connectivity index (χ0v) is 23.2. The number of rotatable bonds is 10. The van der Waals surface area contributed by atoms with E-state index in [1.54, 1.807) is 6.07 Å². The first-order valence-corrected chi connectivity index (χ1v) is 13.9. The molecular formula is C29H34Cl2N6O2. The van der Waals surface area contributed by atoms with Crippen LogP contribution in [0.4, 0.5) is 0 Å². The maximum absolute atomic E-state index is 13.5. The summed E-state index contributed by atoms with van der Waals surface area (Å²) in [5.41, 5.74) is 12.5. The summed E-state index contributed by atoms with van der Waals surface area (Å²) in [5, 5.41) is 9.63. The third kappa shape index (κ3) is 8.08. The Balaban J connectivity index is 1.40. The number of nitrogens with zero attached hydrogens (tertiary/aromatic N) is 2. The van der Waals surface area contributed by atoms with Crippen molar-refractivity contribution in [3.8, 4) is 0 Å². The third-order valence-electron chi connectivity index (χ3n) is 6.91. The lowest BCUT2D eigenvalue weighted by Gasteiger charge is -2.25. The van der Waals surface area contributed by atoms with Crippen LogP contribution in [0.5, 0.6) is 0 Å². The van der Waals surface area contributed by atoms with Gasteiger partial charge in [-0.2, -0.15) is 0 Å². The van der Waals surface area contributed by atoms with Crippen LogP contribution in [0, 0.1) is 0 Å². The topological polar surface area (TPSA) is 126 Å². The second kappa shape index (κ2) is 13.6. The molecule has 1 fully saturated rings. The number of hydrogen-bond acceptors (Lipinski definition) is 4. The molecule has 1 aliphatic heterocycles. The number of nitrogens with one attached hydrogen (secondary N) is 2. The van der Waals surface area contributed by atoms with Crippen LogP contribution in [0.15, 0.2) is 65.7 Å². The predicted octanol–water partition coefficient (Wildman–Crippen LogP) is 3.73. The van der Waals surface area contributed by atoms with Crippen molar-refractivity contribution >= 4 is 51.7 Å². The highest BCUT2D eigenvalue weighted by Crippen LogP contribution is 2.23. The van der Waals surface area contributed by atoms with Crippen LogP contribution in [0.2, 0.25) is 10.0 Å². The molecule has 3 aromatic rings. The van der Waals surface area contributed by atoms with Gasteiger partial charge in [-0.25, -0.2) is 0 Å². The highest BCUT2D eigenvalue weighted by Gasteiger charge is 2.30. The van der Waals surface area contributed by atoms with Crippen LogP contribution in [-0.4, -0.2) is 60.9 Å². The Bertz CT molecular complexity index is 1340. The van der Waals surface area contributed by atoms with Crippen LogP contribution >= 0.6 is 23.2 Å². The Kier molecular flexibility index (Phi) is 10.0. The summed E-state index contributed by atoms with van der Waals surface area (Å²) in [4.78, 5) is 32.3. The van der Waals surface area contributed by atoms with Crippen molar-refractivity contribution in [1.82, 2.24) is 15.5 Å². The number of halogens is 2. The van der Waals surface area contributed by atoms with Crippen molar-refractivity contribution in [1.29, 1.82) is 0 Å². The molecule has 206 valence electrons. The smallest absolute Gasteiger partial charge is 0.251 e. The van der Waals surface area contributed by atoms with Crippen LogP contribution in [0.3, 0.4) is 0 Å². The first kappa shape index (κ1) is 28.7. The zero-order chi connectivity index (χ0) is 27.8. The average molecular weight is 570 g/mol. The second-order valence-electron chi connectivity index (χ2n) is 9.75. The number of amides is 2. The summed E-state index contributed by atoms with van der Waals surface area (Å²) in [6.07, 6.45) is 2.59. The summed E-state index contributed by atoms with van der Waals surface area (Å²) >= 11 is 12.2. The third-order valence-corrected chi connectivity index (χ3v) is 7.65. The monoisotopic (exact) mass is 568 g/mol. The molecule has 0 aliphatic carbocycles. The molecule has 2 amide bonds. The lowest BCUT2D eigenvalue weighted by atomic mass is 10.1. The van der Waals surface area contributed by atoms with E-state index in [-0.39, 0.29) is 23.8 Å². The molecule has 1 aliphatic rings. The summed E-state index contributed by atoms with van der Waals surface area (Å²) < 4.78 is 0. The molecule has 6 N–H and O–H groups in total. The normalized spacial score (nSPS) is 17.6. The highest BCUT2D eigenvalue weighted by atomic mass is 35.5. The van der Waals surface area contributed by atoms with Gasteiger partial charge in [0.25, 0.3) is 5.91 Å². The standard InChI is InChI=1S/C29H34Cl2N6O2/c30-24-10-7-19(16-25(24)31)11-14-37-15-12-23(36-26(28(37)39)6-3-13-34-29(32)33)18-35-27(38)22-9-8-20-4-1-2-5-21(20)17-22/h1-2,4-5,7-10,16-17,23,26,36H,3,6,11-15,18H2,(H,35,38)(H4,32,33,34)/t23-,26-/m0/s1. The van der Waals surface area contributed by atoms with E-state index < -0.39 is 6.04 Å². The van der Waals surface area contributed by atoms with Gasteiger partial charge in [0.1, 0.15) is 0 Å². The Hall–Kier alpha value is -3.33. The Morgan fingerprint density at radius 3 is 2.62 bits per heavy atom. The fraction of sp³-hybridized carbons (Fsp3) is 0.345. The number of hydrogen-bond donors (Lipinski definition) is 4. The SMILES string of the molecule is NC(N)=NCCC[C@@H]1N[C@H](CNC(=O)c2ccc3ccccc3c2)CCN(CCc2ccc(Cl)c(Cl)c2)C1=O. The maximum atomic E-state index is 13.5. The van der Waals surface area contributed by atoms with Gasteiger partial charge in [0.2, 0.25) is 5.91 Å². The fourth-order valence-corrected chi connectivity index (χ4v) is 5.10. The average Bonchev–Trinajstić information content (AvgIpc) is 3.08.